The fourth-order valence-corrected chi connectivity index (χ4v) is 5.01. The molecule has 9 nitrogen and oxygen atoms in total. The fourth-order valence-electron chi connectivity index (χ4n) is 5.01. The van der Waals surface area contributed by atoms with Crippen molar-refractivity contribution in [3.05, 3.63) is 17.5 Å². The van der Waals surface area contributed by atoms with Crippen LogP contribution in [0.25, 0.3) is 0 Å². The minimum absolute atomic E-state index is 0.0279. The Morgan fingerprint density at radius 3 is 2.76 bits per heavy atom. The van der Waals surface area contributed by atoms with Gasteiger partial charge in [-0.1, -0.05) is 5.16 Å². The van der Waals surface area contributed by atoms with E-state index in [0.717, 1.165) is 48.6 Å². The molecule has 0 radical (unpaired) electrons. The fraction of sp³-hybridized carbons (Fsp3) is 0.750. The molecule has 0 aromatic carbocycles. The number of piperidine rings is 1. The second kappa shape index (κ2) is 6.10. The molecule has 2 aliphatic heterocycles. The molecule has 5 rings (SSSR count). The molecule has 2 saturated carbocycles. The number of nitrogens with zero attached hydrogens (tertiary/aromatic N) is 3. The molecule has 3 amide bonds. The molecule has 2 aliphatic carbocycles. The molecule has 4 aliphatic rings. The van der Waals surface area contributed by atoms with E-state index in [1.54, 1.807) is 4.90 Å². The molecule has 2 saturated heterocycles. The number of fused-ring (bicyclic) bond motifs is 3. The van der Waals surface area contributed by atoms with Crippen molar-refractivity contribution in [2.24, 2.45) is 5.41 Å². The number of carbonyl (C=O) groups is 2. The number of urea groups is 1. The Morgan fingerprint density at radius 2 is 2.10 bits per heavy atom. The van der Waals surface area contributed by atoms with Gasteiger partial charge in [-0.25, -0.2) is 14.7 Å². The smallest absolute Gasteiger partial charge is 0.407 e. The molecule has 29 heavy (non-hydrogen) atoms. The van der Waals surface area contributed by atoms with Gasteiger partial charge >= 0.3 is 12.1 Å². The second-order valence-electron chi connectivity index (χ2n) is 10.0. The molecule has 0 unspecified atom stereocenters. The SMILES string of the molecule is CC(C)(C)OC(=O)N[C@H]1C[C@@H](c2cc([C@@H]3CC4(CC4)[C@H]4CN3C(=O)N4O)no2)C1. The van der Waals surface area contributed by atoms with E-state index in [9.17, 15) is 14.8 Å². The number of hydrogen-bond donors (Lipinski definition) is 2. The summed E-state index contributed by atoms with van der Waals surface area (Å²) in [6.45, 7) is 6.07. The Labute approximate surface area is 169 Å². The van der Waals surface area contributed by atoms with Crippen molar-refractivity contribution < 1.29 is 24.1 Å². The van der Waals surface area contributed by atoms with E-state index < -0.39 is 11.7 Å². The summed E-state index contributed by atoms with van der Waals surface area (Å²) in [7, 11) is 0. The summed E-state index contributed by atoms with van der Waals surface area (Å²) in [6.07, 6.45) is 4.05. The first-order valence-corrected chi connectivity index (χ1v) is 10.4. The lowest BCUT2D eigenvalue weighted by Crippen LogP contribution is -2.45. The predicted octanol–water partition coefficient (Wildman–Crippen LogP) is 3.17. The number of hydrogen-bond acceptors (Lipinski definition) is 6. The molecule has 9 heteroatoms. The number of carbonyl (C=O) groups excluding carboxylic acids is 2. The number of nitrogens with one attached hydrogen (secondary N) is 1. The third-order valence-electron chi connectivity index (χ3n) is 6.83. The summed E-state index contributed by atoms with van der Waals surface area (Å²) >= 11 is 0. The van der Waals surface area contributed by atoms with Crippen molar-refractivity contribution in [3.63, 3.8) is 0 Å². The quantitative estimate of drug-likeness (QED) is 0.749. The van der Waals surface area contributed by atoms with Crippen LogP contribution in [0.15, 0.2) is 10.6 Å². The van der Waals surface area contributed by atoms with E-state index >= 15 is 0 Å². The van der Waals surface area contributed by atoms with Crippen LogP contribution >= 0.6 is 0 Å². The van der Waals surface area contributed by atoms with Crippen molar-refractivity contribution in [2.75, 3.05) is 6.54 Å². The molecule has 2 N–H and O–H groups in total. The van der Waals surface area contributed by atoms with Gasteiger partial charge in [0.1, 0.15) is 17.1 Å². The van der Waals surface area contributed by atoms with E-state index in [2.05, 4.69) is 10.5 Å². The van der Waals surface area contributed by atoms with Gasteiger partial charge < -0.3 is 19.5 Å². The second-order valence-corrected chi connectivity index (χ2v) is 10.0. The third kappa shape index (κ3) is 3.15. The normalized spacial score (nSPS) is 32.3. The molecule has 1 aromatic rings. The van der Waals surface area contributed by atoms with Gasteiger partial charge in [-0.05, 0) is 58.3 Å². The average molecular weight is 404 g/mol. The highest BCUT2D eigenvalue weighted by molar-refractivity contribution is 5.77. The summed E-state index contributed by atoms with van der Waals surface area (Å²) in [5, 5.41) is 18.2. The Balaban J connectivity index is 1.21. The first kappa shape index (κ1) is 18.7. The molecule has 3 heterocycles. The molecule has 1 spiro atoms. The van der Waals surface area contributed by atoms with Crippen molar-refractivity contribution in [2.45, 2.75) is 82.5 Å². The summed E-state index contributed by atoms with van der Waals surface area (Å²) in [6, 6.07) is 1.44. The highest BCUT2D eigenvalue weighted by Crippen LogP contribution is 2.61. The zero-order valence-corrected chi connectivity index (χ0v) is 17.1. The monoisotopic (exact) mass is 404 g/mol. The predicted molar refractivity (Wildman–Crippen MR) is 100 cm³/mol. The van der Waals surface area contributed by atoms with Gasteiger partial charge in [-0.2, -0.15) is 0 Å². The average Bonchev–Trinajstić information content (AvgIpc) is 3.09. The van der Waals surface area contributed by atoms with Gasteiger partial charge in [0.2, 0.25) is 0 Å². The minimum Gasteiger partial charge on any atom is -0.444 e. The van der Waals surface area contributed by atoms with Gasteiger partial charge in [0.25, 0.3) is 0 Å². The van der Waals surface area contributed by atoms with Gasteiger partial charge in [0.05, 0.1) is 12.1 Å². The maximum absolute atomic E-state index is 12.4. The number of amides is 3. The summed E-state index contributed by atoms with van der Waals surface area (Å²) in [5.74, 6) is 0.993. The Bertz CT molecular complexity index is 836. The highest BCUT2D eigenvalue weighted by atomic mass is 16.6. The lowest BCUT2D eigenvalue weighted by molar-refractivity contribution is -0.0782. The minimum atomic E-state index is -0.512. The number of alkyl carbamates (subject to hydrolysis) is 1. The Kier molecular flexibility index (Phi) is 3.94. The van der Waals surface area contributed by atoms with Crippen LogP contribution in [0.1, 0.15) is 76.3 Å². The highest BCUT2D eigenvalue weighted by Gasteiger charge is 2.63. The number of ether oxygens (including phenoxy) is 1. The van der Waals surface area contributed by atoms with E-state index in [1.165, 1.54) is 0 Å². The molecule has 4 fully saturated rings. The van der Waals surface area contributed by atoms with E-state index in [-0.39, 0.29) is 35.5 Å². The first-order chi connectivity index (χ1) is 13.7. The van der Waals surface area contributed by atoms with Gasteiger partial charge in [0.15, 0.2) is 0 Å². The summed E-state index contributed by atoms with van der Waals surface area (Å²) < 4.78 is 10.9. The summed E-state index contributed by atoms with van der Waals surface area (Å²) in [4.78, 5) is 26.0. The zero-order valence-electron chi connectivity index (χ0n) is 17.1. The molecule has 158 valence electrons. The number of rotatable bonds is 3. The maximum atomic E-state index is 12.4. The van der Waals surface area contributed by atoms with Crippen LogP contribution in [0.5, 0.6) is 0 Å². The topological polar surface area (TPSA) is 108 Å². The van der Waals surface area contributed by atoms with Crippen LogP contribution < -0.4 is 5.32 Å². The van der Waals surface area contributed by atoms with Crippen LogP contribution in [0.4, 0.5) is 9.59 Å². The molecular formula is C20H28N4O5. The molecule has 1 aromatic heterocycles. The Morgan fingerprint density at radius 1 is 1.38 bits per heavy atom. The lowest BCUT2D eigenvalue weighted by Gasteiger charge is -2.35. The van der Waals surface area contributed by atoms with Crippen LogP contribution in [-0.4, -0.2) is 56.7 Å². The maximum Gasteiger partial charge on any atom is 0.407 e. The van der Waals surface area contributed by atoms with Crippen LogP contribution in [-0.2, 0) is 4.74 Å². The molecular weight excluding hydrogens is 376 g/mol. The van der Waals surface area contributed by atoms with Crippen molar-refractivity contribution in [3.8, 4) is 0 Å². The molecule has 2 bridgehead atoms. The van der Waals surface area contributed by atoms with Crippen molar-refractivity contribution in [1.82, 2.24) is 20.4 Å². The van der Waals surface area contributed by atoms with Crippen LogP contribution in [0, 0.1) is 5.41 Å². The lowest BCUT2D eigenvalue weighted by atomic mass is 9.78. The van der Waals surface area contributed by atoms with Crippen molar-refractivity contribution in [1.29, 1.82) is 0 Å². The van der Waals surface area contributed by atoms with E-state index in [4.69, 9.17) is 9.26 Å². The van der Waals surface area contributed by atoms with Crippen LogP contribution in [0.2, 0.25) is 0 Å². The number of hydroxylamine groups is 2. The van der Waals surface area contributed by atoms with E-state index in [1.807, 2.05) is 26.8 Å². The Hall–Kier alpha value is -2.29. The summed E-state index contributed by atoms with van der Waals surface area (Å²) in [5.41, 5.74) is 0.277. The zero-order chi connectivity index (χ0) is 20.6. The van der Waals surface area contributed by atoms with Crippen molar-refractivity contribution >= 4 is 12.1 Å². The van der Waals surface area contributed by atoms with E-state index in [0.29, 0.717) is 6.54 Å². The standard InChI is InChI=1S/C20H28N4O5/c1-19(2,3)28-17(25)21-12-6-11(7-12)15-8-13(22-29-15)14-9-20(4-5-20)16-10-23(14)18(26)24(16)27/h8,11-12,14,16,27H,4-7,9-10H2,1-3H3,(H,21,25)/t11-,12+,14-,16+/m0/s1. The number of aromatic nitrogens is 1. The third-order valence-corrected chi connectivity index (χ3v) is 6.83. The molecule has 2 atom stereocenters. The largest absolute Gasteiger partial charge is 0.444 e. The van der Waals surface area contributed by atoms with Crippen LogP contribution in [0.3, 0.4) is 0 Å². The van der Waals surface area contributed by atoms with Gasteiger partial charge in [0, 0.05) is 24.6 Å². The van der Waals surface area contributed by atoms with Gasteiger partial charge in [-0.3, -0.25) is 5.21 Å². The first-order valence-electron chi connectivity index (χ1n) is 10.4. The van der Waals surface area contributed by atoms with Gasteiger partial charge in [-0.15, -0.1) is 0 Å².